The maximum atomic E-state index is 12.7. The number of hydrogen-bond donors (Lipinski definition) is 0. The Labute approximate surface area is 152 Å². The first-order valence-electron chi connectivity index (χ1n) is 8.37. The van der Waals surface area contributed by atoms with Crippen LogP contribution in [-0.2, 0) is 6.18 Å². The number of nitrogens with zero attached hydrogens (tertiary/aromatic N) is 6. The van der Waals surface area contributed by atoms with Crippen LogP contribution in [0, 0.1) is 0 Å². The molecule has 0 atom stereocenters. The van der Waals surface area contributed by atoms with Crippen molar-refractivity contribution >= 4 is 16.7 Å². The number of rotatable bonds is 3. The normalized spacial score (nSPS) is 15.9. The molecule has 27 heavy (non-hydrogen) atoms. The Morgan fingerprint density at radius 2 is 1.85 bits per heavy atom. The number of halogens is 3. The molecular weight excluding hydrogens is 361 g/mol. The lowest BCUT2D eigenvalue weighted by Crippen LogP contribution is -2.39. The van der Waals surface area contributed by atoms with Crippen LogP contribution in [0.15, 0.2) is 37.1 Å². The van der Waals surface area contributed by atoms with E-state index in [1.165, 1.54) is 6.33 Å². The highest BCUT2D eigenvalue weighted by molar-refractivity contribution is 5.88. The minimum atomic E-state index is -4.52. The lowest BCUT2D eigenvalue weighted by atomic mass is 10.1. The van der Waals surface area contributed by atoms with E-state index in [-0.39, 0.29) is 12.1 Å². The fraction of sp³-hybridized carbons (Fsp3) is 0.353. The zero-order valence-electron chi connectivity index (χ0n) is 14.1. The van der Waals surface area contributed by atoms with Crippen molar-refractivity contribution in [3.05, 3.63) is 42.7 Å². The molecule has 3 aromatic heterocycles. The van der Waals surface area contributed by atoms with Gasteiger partial charge in [0.2, 0.25) is 0 Å². The van der Waals surface area contributed by atoms with Gasteiger partial charge in [0.05, 0.1) is 11.7 Å². The van der Waals surface area contributed by atoms with Crippen LogP contribution in [0.3, 0.4) is 0 Å². The third-order valence-corrected chi connectivity index (χ3v) is 4.36. The number of alkyl halides is 3. The van der Waals surface area contributed by atoms with Crippen LogP contribution in [0.4, 0.5) is 19.0 Å². The van der Waals surface area contributed by atoms with Gasteiger partial charge in [0.25, 0.3) is 0 Å². The van der Waals surface area contributed by atoms with Gasteiger partial charge in [-0.05, 0) is 12.1 Å². The highest BCUT2D eigenvalue weighted by Gasteiger charge is 2.33. The molecule has 0 N–H and O–H groups in total. The summed E-state index contributed by atoms with van der Waals surface area (Å²) in [6, 6.07) is 2.44. The quantitative estimate of drug-likeness (QED) is 0.696. The molecule has 0 aromatic carbocycles. The SMILES string of the molecule is FC(F)(F)c1ccnc(OC2CCN(c3ncnc4cnccc34)CC2)n1. The van der Waals surface area contributed by atoms with Crippen LogP contribution in [0.2, 0.25) is 0 Å². The molecule has 0 spiro atoms. The number of ether oxygens (including phenoxy) is 1. The molecule has 1 aliphatic rings. The van der Waals surface area contributed by atoms with Crippen molar-refractivity contribution in [3.63, 3.8) is 0 Å². The molecule has 0 radical (unpaired) electrons. The lowest BCUT2D eigenvalue weighted by molar-refractivity contribution is -0.141. The van der Waals surface area contributed by atoms with Gasteiger partial charge in [-0.15, -0.1) is 0 Å². The molecule has 7 nitrogen and oxygen atoms in total. The predicted molar refractivity (Wildman–Crippen MR) is 90.2 cm³/mol. The molecule has 0 amide bonds. The summed E-state index contributed by atoms with van der Waals surface area (Å²) in [5, 5.41) is 0.910. The summed E-state index contributed by atoms with van der Waals surface area (Å²) < 4.78 is 43.8. The maximum Gasteiger partial charge on any atom is 0.433 e. The monoisotopic (exact) mass is 376 g/mol. The predicted octanol–water partition coefficient (Wildman–Crippen LogP) is 2.88. The van der Waals surface area contributed by atoms with Gasteiger partial charge in [0.15, 0.2) is 5.69 Å². The van der Waals surface area contributed by atoms with Crippen LogP contribution >= 0.6 is 0 Å². The molecule has 3 aromatic rings. The molecule has 1 saturated heterocycles. The fourth-order valence-corrected chi connectivity index (χ4v) is 3.04. The van der Waals surface area contributed by atoms with Crippen molar-refractivity contribution in [2.45, 2.75) is 25.1 Å². The summed E-state index contributed by atoms with van der Waals surface area (Å²) in [7, 11) is 0. The molecule has 0 aliphatic carbocycles. The van der Waals surface area contributed by atoms with Gasteiger partial charge >= 0.3 is 12.2 Å². The van der Waals surface area contributed by atoms with Crippen LogP contribution < -0.4 is 9.64 Å². The molecule has 4 rings (SSSR count). The Morgan fingerprint density at radius 1 is 1.04 bits per heavy atom. The number of aromatic nitrogens is 5. The number of piperidine rings is 1. The average molecular weight is 376 g/mol. The van der Waals surface area contributed by atoms with Gasteiger partial charge in [-0.25, -0.2) is 15.0 Å². The first-order chi connectivity index (χ1) is 13.0. The van der Waals surface area contributed by atoms with Crippen LogP contribution in [0.25, 0.3) is 10.9 Å². The smallest absolute Gasteiger partial charge is 0.433 e. The van der Waals surface area contributed by atoms with Gasteiger partial charge in [0, 0.05) is 43.7 Å². The molecular formula is C17H15F3N6O. The van der Waals surface area contributed by atoms with Crippen molar-refractivity contribution in [1.82, 2.24) is 24.9 Å². The molecule has 140 valence electrons. The Bertz CT molecular complexity index is 938. The summed E-state index contributed by atoms with van der Waals surface area (Å²) in [5.74, 6) is 0.816. The highest BCUT2D eigenvalue weighted by atomic mass is 19.4. The topological polar surface area (TPSA) is 76.9 Å². The first kappa shape index (κ1) is 17.4. The minimum absolute atomic E-state index is 0.248. The zero-order valence-corrected chi connectivity index (χ0v) is 14.1. The number of pyridine rings is 1. The second-order valence-corrected chi connectivity index (χ2v) is 6.12. The van der Waals surface area contributed by atoms with Crippen molar-refractivity contribution in [2.24, 2.45) is 0 Å². The van der Waals surface area contributed by atoms with Gasteiger partial charge < -0.3 is 9.64 Å². The van der Waals surface area contributed by atoms with Gasteiger partial charge in [0.1, 0.15) is 18.2 Å². The largest absolute Gasteiger partial charge is 0.460 e. The molecule has 1 fully saturated rings. The van der Waals surface area contributed by atoms with E-state index in [4.69, 9.17) is 4.74 Å². The molecule has 4 heterocycles. The molecule has 1 aliphatic heterocycles. The summed E-state index contributed by atoms with van der Waals surface area (Å²) in [4.78, 5) is 22.0. The Morgan fingerprint density at radius 3 is 2.63 bits per heavy atom. The van der Waals surface area contributed by atoms with Crippen molar-refractivity contribution < 1.29 is 17.9 Å². The van der Waals surface area contributed by atoms with Gasteiger partial charge in [-0.1, -0.05) is 0 Å². The van der Waals surface area contributed by atoms with Gasteiger partial charge in [-0.3, -0.25) is 4.98 Å². The minimum Gasteiger partial charge on any atom is -0.460 e. The molecule has 0 saturated carbocycles. The second kappa shape index (κ2) is 6.93. The van der Waals surface area contributed by atoms with Gasteiger partial charge in [-0.2, -0.15) is 18.2 Å². The van der Waals surface area contributed by atoms with Crippen molar-refractivity contribution in [3.8, 4) is 6.01 Å². The Hall–Kier alpha value is -3.04. The first-order valence-corrected chi connectivity index (χ1v) is 8.37. The van der Waals surface area contributed by atoms with Crippen LogP contribution in [0.5, 0.6) is 6.01 Å². The summed E-state index contributed by atoms with van der Waals surface area (Å²) in [6.07, 6.45) is 2.40. The van der Waals surface area contributed by atoms with E-state index in [9.17, 15) is 13.2 Å². The third-order valence-electron chi connectivity index (χ3n) is 4.36. The number of hydrogen-bond acceptors (Lipinski definition) is 7. The van der Waals surface area contributed by atoms with E-state index >= 15 is 0 Å². The fourth-order valence-electron chi connectivity index (χ4n) is 3.04. The number of fused-ring (bicyclic) bond motifs is 1. The Balaban J connectivity index is 1.44. The van der Waals surface area contributed by atoms with Crippen LogP contribution in [0.1, 0.15) is 18.5 Å². The Kier molecular flexibility index (Phi) is 4.46. The highest BCUT2D eigenvalue weighted by Crippen LogP contribution is 2.29. The van der Waals surface area contributed by atoms with Crippen LogP contribution in [-0.4, -0.2) is 44.1 Å². The van der Waals surface area contributed by atoms with E-state index in [0.29, 0.717) is 25.9 Å². The average Bonchev–Trinajstić information content (AvgIpc) is 2.68. The number of anilines is 1. The molecule has 0 bridgehead atoms. The van der Waals surface area contributed by atoms with E-state index in [1.807, 2.05) is 6.07 Å². The van der Waals surface area contributed by atoms with E-state index in [1.54, 1.807) is 12.4 Å². The summed E-state index contributed by atoms with van der Waals surface area (Å²) in [6.45, 7) is 1.30. The molecule has 0 unspecified atom stereocenters. The lowest BCUT2D eigenvalue weighted by Gasteiger charge is -2.32. The van der Waals surface area contributed by atoms with E-state index in [0.717, 1.165) is 29.0 Å². The van der Waals surface area contributed by atoms with E-state index in [2.05, 4.69) is 29.8 Å². The summed E-state index contributed by atoms with van der Waals surface area (Å²) >= 11 is 0. The third kappa shape index (κ3) is 3.74. The van der Waals surface area contributed by atoms with Crippen molar-refractivity contribution in [2.75, 3.05) is 18.0 Å². The zero-order chi connectivity index (χ0) is 18.9. The summed E-state index contributed by atoms with van der Waals surface area (Å²) in [5.41, 5.74) is -0.246. The maximum absolute atomic E-state index is 12.7. The molecule has 10 heteroatoms. The second-order valence-electron chi connectivity index (χ2n) is 6.12. The van der Waals surface area contributed by atoms with Crippen molar-refractivity contribution in [1.29, 1.82) is 0 Å². The standard InChI is InChI=1S/C17H15F3N6O/c18-17(19,20)14-2-6-22-16(25-14)27-11-3-7-26(8-4-11)15-12-1-5-21-9-13(12)23-10-24-15/h1-2,5-6,9-11H,3-4,7-8H2. The van der Waals surface area contributed by atoms with E-state index < -0.39 is 11.9 Å².